The zero-order valence-corrected chi connectivity index (χ0v) is 19.5. The Balaban J connectivity index is 1.57. The molecule has 1 aliphatic carbocycles. The monoisotopic (exact) mass is 459 g/mol. The molecule has 8 nitrogen and oxygen atoms in total. The van der Waals surface area contributed by atoms with Gasteiger partial charge < -0.3 is 18.9 Å². The number of fused-ring (bicyclic) bond motifs is 2. The molecular weight excluding hydrogens is 434 g/mol. The van der Waals surface area contributed by atoms with Crippen LogP contribution in [0.25, 0.3) is 16.8 Å². The Bertz CT molecular complexity index is 1370. The second-order valence-electron chi connectivity index (χ2n) is 8.15. The van der Waals surface area contributed by atoms with E-state index in [4.69, 9.17) is 23.9 Å². The zero-order chi connectivity index (χ0) is 23.8. The largest absolute Gasteiger partial charge is 0.497 e. The smallest absolute Gasteiger partial charge is 0.203 e. The SMILES string of the molecule is COc1cccc(-c2cnn3cc4c(nc23)CC(c2cc(OC)c(OC)c(OC)c2)CC4=O)c1. The molecular formula is C26H25N3O5. The van der Waals surface area contributed by atoms with Gasteiger partial charge in [-0.15, -0.1) is 0 Å². The van der Waals surface area contributed by atoms with Crippen LogP contribution in [0, 0.1) is 0 Å². The molecule has 2 heterocycles. The van der Waals surface area contributed by atoms with Crippen molar-refractivity contribution in [1.29, 1.82) is 0 Å². The summed E-state index contributed by atoms with van der Waals surface area (Å²) in [5.74, 6) is 2.38. The number of methoxy groups -OCH3 is 4. The van der Waals surface area contributed by atoms with Gasteiger partial charge in [0.1, 0.15) is 5.75 Å². The number of rotatable bonds is 6. The Morgan fingerprint density at radius 3 is 2.35 bits per heavy atom. The van der Waals surface area contributed by atoms with E-state index in [1.54, 1.807) is 45.3 Å². The molecule has 0 amide bonds. The van der Waals surface area contributed by atoms with Crippen LogP contribution in [-0.4, -0.2) is 48.8 Å². The molecule has 0 fully saturated rings. The van der Waals surface area contributed by atoms with Crippen LogP contribution in [0.4, 0.5) is 0 Å². The fraction of sp³-hybridized carbons (Fsp3) is 0.269. The fourth-order valence-electron chi connectivity index (χ4n) is 4.54. The van der Waals surface area contributed by atoms with Gasteiger partial charge in [-0.05, 0) is 47.7 Å². The van der Waals surface area contributed by atoms with Crippen LogP contribution < -0.4 is 18.9 Å². The van der Waals surface area contributed by atoms with E-state index in [2.05, 4.69) is 5.10 Å². The normalized spacial score (nSPS) is 15.2. The Morgan fingerprint density at radius 1 is 0.912 bits per heavy atom. The number of ketones is 1. The third-order valence-corrected chi connectivity index (χ3v) is 6.28. The summed E-state index contributed by atoms with van der Waals surface area (Å²) >= 11 is 0. The summed E-state index contributed by atoms with van der Waals surface area (Å²) in [5, 5.41) is 4.45. The topological polar surface area (TPSA) is 84.2 Å². The molecule has 0 spiro atoms. The molecule has 0 N–H and O–H groups in total. The van der Waals surface area contributed by atoms with Crippen molar-refractivity contribution in [3.63, 3.8) is 0 Å². The van der Waals surface area contributed by atoms with Crippen molar-refractivity contribution in [3.05, 3.63) is 65.6 Å². The van der Waals surface area contributed by atoms with Gasteiger partial charge in [0, 0.05) is 18.2 Å². The van der Waals surface area contributed by atoms with Crippen LogP contribution in [0.3, 0.4) is 0 Å². The number of benzene rings is 2. The van der Waals surface area contributed by atoms with E-state index in [1.807, 2.05) is 36.4 Å². The standard InChI is InChI=1S/C26H25N3O5/c1-31-18-7-5-6-15(8-18)19-13-27-29-14-20-21(28-26(19)29)9-16(10-22(20)30)17-11-23(32-2)25(34-4)24(12-17)33-3/h5-8,11-14,16H,9-10H2,1-4H3. The lowest BCUT2D eigenvalue weighted by Crippen LogP contribution is -2.21. The van der Waals surface area contributed by atoms with E-state index in [0.717, 1.165) is 28.1 Å². The second-order valence-corrected chi connectivity index (χ2v) is 8.15. The number of nitrogens with zero attached hydrogens (tertiary/aromatic N) is 3. The summed E-state index contributed by atoms with van der Waals surface area (Å²) in [6.45, 7) is 0. The average Bonchev–Trinajstić information content (AvgIpc) is 3.29. The van der Waals surface area contributed by atoms with Gasteiger partial charge in [0.05, 0.1) is 45.9 Å². The minimum atomic E-state index is -0.0631. The molecule has 1 atom stereocenters. The number of ether oxygens (including phenoxy) is 4. The summed E-state index contributed by atoms with van der Waals surface area (Å²) in [5.41, 5.74) is 4.83. The van der Waals surface area contributed by atoms with Crippen LogP contribution in [0.5, 0.6) is 23.0 Å². The molecule has 34 heavy (non-hydrogen) atoms. The van der Waals surface area contributed by atoms with Crippen molar-refractivity contribution >= 4 is 11.4 Å². The van der Waals surface area contributed by atoms with Crippen LogP contribution in [-0.2, 0) is 6.42 Å². The van der Waals surface area contributed by atoms with E-state index in [0.29, 0.717) is 41.3 Å². The van der Waals surface area contributed by atoms with Gasteiger partial charge in [0.25, 0.3) is 0 Å². The molecule has 0 aliphatic heterocycles. The first-order valence-corrected chi connectivity index (χ1v) is 10.9. The first-order valence-electron chi connectivity index (χ1n) is 10.9. The number of hydrogen-bond acceptors (Lipinski definition) is 7. The Labute approximate surface area is 197 Å². The highest BCUT2D eigenvalue weighted by Gasteiger charge is 2.30. The summed E-state index contributed by atoms with van der Waals surface area (Å²) in [6, 6.07) is 11.6. The maximum absolute atomic E-state index is 13.1. The molecule has 2 aromatic heterocycles. The van der Waals surface area contributed by atoms with Crippen LogP contribution >= 0.6 is 0 Å². The van der Waals surface area contributed by atoms with Crippen molar-refractivity contribution in [2.45, 2.75) is 18.8 Å². The first kappa shape index (κ1) is 21.8. The van der Waals surface area contributed by atoms with E-state index >= 15 is 0 Å². The van der Waals surface area contributed by atoms with Crippen molar-refractivity contribution < 1.29 is 23.7 Å². The van der Waals surface area contributed by atoms with Gasteiger partial charge in [0.15, 0.2) is 22.9 Å². The molecule has 5 rings (SSSR count). The molecule has 0 radical (unpaired) electrons. The molecule has 4 aromatic rings. The van der Waals surface area contributed by atoms with Crippen LogP contribution in [0.15, 0.2) is 48.8 Å². The number of carbonyl (C=O) groups is 1. The van der Waals surface area contributed by atoms with E-state index in [1.165, 1.54) is 0 Å². The highest BCUT2D eigenvalue weighted by Crippen LogP contribution is 2.42. The van der Waals surface area contributed by atoms with Crippen LogP contribution in [0.1, 0.15) is 34.0 Å². The van der Waals surface area contributed by atoms with Crippen molar-refractivity contribution in [1.82, 2.24) is 14.6 Å². The molecule has 174 valence electrons. The van der Waals surface area contributed by atoms with Gasteiger partial charge in [-0.25, -0.2) is 9.50 Å². The fourth-order valence-corrected chi connectivity index (χ4v) is 4.54. The van der Waals surface area contributed by atoms with Crippen molar-refractivity contribution in [3.8, 4) is 34.1 Å². The average molecular weight is 460 g/mol. The minimum absolute atomic E-state index is 0.0350. The van der Waals surface area contributed by atoms with Gasteiger partial charge in [-0.3, -0.25) is 4.79 Å². The van der Waals surface area contributed by atoms with Crippen molar-refractivity contribution in [2.24, 2.45) is 0 Å². The number of Topliss-reactive ketones (excluding diaryl/α,β-unsaturated/α-hetero) is 1. The van der Waals surface area contributed by atoms with Crippen molar-refractivity contribution in [2.75, 3.05) is 28.4 Å². The van der Waals surface area contributed by atoms with E-state index < -0.39 is 0 Å². The maximum Gasteiger partial charge on any atom is 0.203 e. The molecule has 0 saturated carbocycles. The molecule has 0 saturated heterocycles. The number of carbonyl (C=O) groups excluding carboxylic acids is 1. The first-order chi connectivity index (χ1) is 16.6. The maximum atomic E-state index is 13.1. The van der Waals surface area contributed by atoms with Gasteiger partial charge >= 0.3 is 0 Å². The molecule has 1 aliphatic rings. The summed E-state index contributed by atoms with van der Waals surface area (Å²) in [6.07, 6.45) is 4.53. The summed E-state index contributed by atoms with van der Waals surface area (Å²) < 4.78 is 23.5. The second kappa shape index (κ2) is 8.70. The summed E-state index contributed by atoms with van der Waals surface area (Å²) in [7, 11) is 6.38. The predicted octanol–water partition coefficient (Wildman–Crippen LogP) is 4.34. The molecule has 8 heteroatoms. The highest BCUT2D eigenvalue weighted by molar-refractivity contribution is 5.99. The lowest BCUT2D eigenvalue weighted by atomic mass is 9.82. The Hall–Kier alpha value is -4.07. The number of hydrogen-bond donors (Lipinski definition) is 0. The quantitative estimate of drug-likeness (QED) is 0.424. The molecule has 1 unspecified atom stereocenters. The lowest BCUT2D eigenvalue weighted by molar-refractivity contribution is 0.0962. The van der Waals surface area contributed by atoms with E-state index in [-0.39, 0.29) is 11.7 Å². The summed E-state index contributed by atoms with van der Waals surface area (Å²) in [4.78, 5) is 18.0. The zero-order valence-electron chi connectivity index (χ0n) is 19.5. The number of aromatic nitrogens is 3. The third-order valence-electron chi connectivity index (χ3n) is 6.28. The third kappa shape index (κ3) is 3.61. The Kier molecular flexibility index (Phi) is 5.57. The Morgan fingerprint density at radius 2 is 1.68 bits per heavy atom. The molecule has 0 bridgehead atoms. The molecule has 2 aromatic carbocycles. The lowest BCUT2D eigenvalue weighted by Gasteiger charge is -2.24. The highest BCUT2D eigenvalue weighted by atomic mass is 16.5. The predicted molar refractivity (Wildman–Crippen MR) is 126 cm³/mol. The van der Waals surface area contributed by atoms with Gasteiger partial charge in [-0.2, -0.15) is 5.10 Å². The van der Waals surface area contributed by atoms with Crippen LogP contribution in [0.2, 0.25) is 0 Å². The van der Waals surface area contributed by atoms with Gasteiger partial charge in [-0.1, -0.05) is 12.1 Å². The van der Waals surface area contributed by atoms with E-state index in [9.17, 15) is 4.79 Å². The van der Waals surface area contributed by atoms with Gasteiger partial charge in [0.2, 0.25) is 5.75 Å². The minimum Gasteiger partial charge on any atom is -0.497 e.